The number of aromatic nitrogens is 2. The molecule has 0 atom stereocenters. The average molecular weight is 345 g/mol. The van der Waals surface area contributed by atoms with E-state index in [4.69, 9.17) is 0 Å². The van der Waals surface area contributed by atoms with Crippen molar-refractivity contribution in [1.82, 2.24) is 9.55 Å². The van der Waals surface area contributed by atoms with Crippen LogP contribution in [0.15, 0.2) is 76.5 Å². The lowest BCUT2D eigenvalue weighted by molar-refractivity contribution is 0.102. The predicted molar refractivity (Wildman–Crippen MR) is 102 cm³/mol. The monoisotopic (exact) mass is 345 g/mol. The lowest BCUT2D eigenvalue weighted by Crippen LogP contribution is -2.28. The first-order valence-corrected chi connectivity index (χ1v) is 8.67. The van der Waals surface area contributed by atoms with Crippen LogP contribution >= 0.6 is 0 Å². The predicted octanol–water partition coefficient (Wildman–Crippen LogP) is 3.78. The van der Waals surface area contributed by atoms with E-state index in [1.165, 1.54) is 16.7 Å². The van der Waals surface area contributed by atoms with Crippen LogP contribution in [-0.4, -0.2) is 15.5 Å². The summed E-state index contributed by atoms with van der Waals surface area (Å²) in [5.74, 6) is -0.408. The summed E-state index contributed by atoms with van der Waals surface area (Å²) < 4.78 is 1.64. The lowest BCUT2D eigenvalue weighted by atomic mass is 9.95. The Balaban J connectivity index is 1.72. The van der Waals surface area contributed by atoms with Crippen molar-refractivity contribution in [2.45, 2.75) is 26.2 Å². The number of anilines is 1. The van der Waals surface area contributed by atoms with E-state index >= 15 is 0 Å². The molecule has 0 unspecified atom stereocenters. The fraction of sp³-hybridized carbons (Fsp3) is 0.190. The minimum absolute atomic E-state index is 0.137. The zero-order valence-corrected chi connectivity index (χ0v) is 14.5. The van der Waals surface area contributed by atoms with Gasteiger partial charge in [-0.25, -0.2) is 0 Å². The van der Waals surface area contributed by atoms with Gasteiger partial charge in [0.25, 0.3) is 11.5 Å². The molecule has 0 saturated heterocycles. The number of carbonyl (C=O) groups is 1. The standard InChI is InChI=1S/C21H19N3O2/c1-14-4-2-5-17-16(14)7-8-19(17)24-13-3-6-18(21(24)26)20(25)23-15-9-11-22-12-10-15/h2-4,6,9-13H,5,7-8H2,1H3,(H,22,23,25). The van der Waals surface area contributed by atoms with E-state index in [2.05, 4.69) is 29.4 Å². The first-order chi connectivity index (χ1) is 12.6. The van der Waals surface area contributed by atoms with Gasteiger partial charge < -0.3 is 5.32 Å². The molecule has 0 aliphatic heterocycles. The molecule has 1 N–H and O–H groups in total. The Hall–Kier alpha value is -3.21. The Labute approximate surface area is 151 Å². The fourth-order valence-electron chi connectivity index (χ4n) is 3.63. The SMILES string of the molecule is CC1=C2CCC(n3cccc(C(=O)Nc4ccncc4)c3=O)=C2CC=C1. The third kappa shape index (κ3) is 2.81. The summed E-state index contributed by atoms with van der Waals surface area (Å²) >= 11 is 0. The van der Waals surface area contributed by atoms with E-state index in [0.29, 0.717) is 5.69 Å². The third-order valence-electron chi connectivity index (χ3n) is 4.91. The van der Waals surface area contributed by atoms with Gasteiger partial charge in [-0.3, -0.25) is 19.1 Å². The van der Waals surface area contributed by atoms with E-state index in [1.807, 2.05) is 0 Å². The van der Waals surface area contributed by atoms with Gasteiger partial charge in [0, 0.05) is 30.0 Å². The quantitative estimate of drug-likeness (QED) is 0.921. The van der Waals surface area contributed by atoms with Crippen LogP contribution in [0.2, 0.25) is 0 Å². The van der Waals surface area contributed by atoms with Crippen LogP contribution in [0.5, 0.6) is 0 Å². The number of carbonyl (C=O) groups excluding carboxylic acids is 1. The average Bonchev–Trinajstić information content (AvgIpc) is 3.08. The second-order valence-electron chi connectivity index (χ2n) is 6.48. The summed E-state index contributed by atoms with van der Waals surface area (Å²) in [4.78, 5) is 29.4. The molecule has 5 nitrogen and oxygen atoms in total. The van der Waals surface area contributed by atoms with Crippen molar-refractivity contribution in [2.24, 2.45) is 0 Å². The summed E-state index contributed by atoms with van der Waals surface area (Å²) in [7, 11) is 0. The molecule has 130 valence electrons. The number of pyridine rings is 2. The molecular weight excluding hydrogens is 326 g/mol. The zero-order chi connectivity index (χ0) is 18.1. The molecule has 2 aliphatic carbocycles. The molecule has 5 heteroatoms. The van der Waals surface area contributed by atoms with Gasteiger partial charge >= 0.3 is 0 Å². The zero-order valence-electron chi connectivity index (χ0n) is 14.5. The summed E-state index contributed by atoms with van der Waals surface area (Å²) in [5.41, 5.74) is 5.29. The molecule has 0 bridgehead atoms. The summed E-state index contributed by atoms with van der Waals surface area (Å²) in [6.45, 7) is 2.11. The minimum Gasteiger partial charge on any atom is -0.322 e. The largest absolute Gasteiger partial charge is 0.322 e. The Bertz CT molecular complexity index is 1030. The summed E-state index contributed by atoms with van der Waals surface area (Å²) in [6, 6.07) is 6.70. The molecule has 0 aromatic carbocycles. The maximum Gasteiger partial charge on any atom is 0.267 e. The van der Waals surface area contributed by atoms with Crippen LogP contribution in [0.1, 0.15) is 36.5 Å². The van der Waals surface area contributed by atoms with Crippen molar-refractivity contribution >= 4 is 17.3 Å². The number of allylic oxidation sites excluding steroid dienone is 6. The lowest BCUT2D eigenvalue weighted by Gasteiger charge is -2.14. The van der Waals surface area contributed by atoms with Crippen molar-refractivity contribution in [3.8, 4) is 0 Å². The molecule has 2 aromatic heterocycles. The highest BCUT2D eigenvalue weighted by Gasteiger charge is 2.25. The van der Waals surface area contributed by atoms with Crippen molar-refractivity contribution in [1.29, 1.82) is 0 Å². The molecule has 0 spiro atoms. The molecular formula is C21H19N3O2. The van der Waals surface area contributed by atoms with Crippen LogP contribution < -0.4 is 10.9 Å². The Kier molecular flexibility index (Phi) is 4.13. The van der Waals surface area contributed by atoms with Gasteiger partial charge in [0.2, 0.25) is 0 Å². The van der Waals surface area contributed by atoms with Gasteiger partial charge in [-0.2, -0.15) is 0 Å². The first kappa shape index (κ1) is 16.3. The topological polar surface area (TPSA) is 64.0 Å². The van der Waals surface area contributed by atoms with Gasteiger partial charge in [-0.05, 0) is 67.2 Å². The van der Waals surface area contributed by atoms with Gasteiger partial charge in [-0.15, -0.1) is 0 Å². The number of fused-ring (bicyclic) bond motifs is 1. The highest BCUT2D eigenvalue weighted by Crippen LogP contribution is 2.40. The van der Waals surface area contributed by atoms with E-state index in [9.17, 15) is 9.59 Å². The van der Waals surface area contributed by atoms with E-state index < -0.39 is 5.91 Å². The molecule has 2 aromatic rings. The molecule has 0 fully saturated rings. The Morgan fingerprint density at radius 1 is 1.15 bits per heavy atom. The Morgan fingerprint density at radius 2 is 1.96 bits per heavy atom. The number of amides is 1. The summed E-state index contributed by atoms with van der Waals surface area (Å²) in [5, 5.41) is 2.75. The first-order valence-electron chi connectivity index (χ1n) is 8.67. The number of nitrogens with one attached hydrogen (secondary N) is 1. The van der Waals surface area contributed by atoms with Crippen molar-refractivity contribution in [3.05, 3.63) is 87.6 Å². The molecule has 26 heavy (non-hydrogen) atoms. The molecule has 0 radical (unpaired) electrons. The molecule has 2 aliphatic rings. The van der Waals surface area contributed by atoms with Gasteiger partial charge in [-0.1, -0.05) is 12.2 Å². The van der Waals surface area contributed by atoms with Crippen LogP contribution in [0.25, 0.3) is 5.70 Å². The minimum atomic E-state index is -0.408. The van der Waals surface area contributed by atoms with Gasteiger partial charge in [0.05, 0.1) is 0 Å². The van der Waals surface area contributed by atoms with Crippen molar-refractivity contribution < 1.29 is 4.79 Å². The second-order valence-corrected chi connectivity index (χ2v) is 6.48. The second kappa shape index (κ2) is 6.59. The number of hydrogen-bond donors (Lipinski definition) is 1. The highest BCUT2D eigenvalue weighted by atomic mass is 16.2. The van der Waals surface area contributed by atoms with E-state index in [0.717, 1.165) is 25.0 Å². The maximum absolute atomic E-state index is 13.0. The van der Waals surface area contributed by atoms with Crippen molar-refractivity contribution in [3.63, 3.8) is 0 Å². The highest BCUT2D eigenvalue weighted by molar-refractivity contribution is 6.04. The van der Waals surface area contributed by atoms with E-state index in [1.54, 1.807) is 47.4 Å². The molecule has 1 amide bonds. The van der Waals surface area contributed by atoms with Crippen LogP contribution in [-0.2, 0) is 0 Å². The summed E-state index contributed by atoms with van der Waals surface area (Å²) in [6.07, 6.45) is 11.8. The Morgan fingerprint density at radius 3 is 2.77 bits per heavy atom. The van der Waals surface area contributed by atoms with Gasteiger partial charge in [0.1, 0.15) is 5.56 Å². The maximum atomic E-state index is 13.0. The van der Waals surface area contributed by atoms with Crippen LogP contribution in [0.4, 0.5) is 5.69 Å². The third-order valence-corrected chi connectivity index (χ3v) is 4.91. The van der Waals surface area contributed by atoms with E-state index in [-0.39, 0.29) is 11.1 Å². The number of rotatable bonds is 3. The fourth-order valence-corrected chi connectivity index (χ4v) is 3.63. The van der Waals surface area contributed by atoms with Crippen LogP contribution in [0.3, 0.4) is 0 Å². The molecule has 2 heterocycles. The smallest absolute Gasteiger partial charge is 0.267 e. The number of nitrogens with zero attached hydrogens (tertiary/aromatic N) is 2. The van der Waals surface area contributed by atoms with Gasteiger partial charge in [0.15, 0.2) is 0 Å². The normalized spacial score (nSPS) is 16.0. The van der Waals surface area contributed by atoms with Crippen LogP contribution in [0, 0.1) is 0 Å². The number of hydrogen-bond acceptors (Lipinski definition) is 3. The molecule has 4 rings (SSSR count). The molecule has 0 saturated carbocycles. The van der Waals surface area contributed by atoms with Crippen molar-refractivity contribution in [2.75, 3.05) is 5.32 Å².